The average molecular weight is 425 g/mol. The monoisotopic (exact) mass is 424 g/mol. The Morgan fingerprint density at radius 3 is 2.57 bits per heavy atom. The third kappa shape index (κ3) is 3.90. The summed E-state index contributed by atoms with van der Waals surface area (Å²) in [6.45, 7) is 3.98. The Labute approximate surface area is 180 Å². The van der Waals surface area contributed by atoms with Crippen molar-refractivity contribution in [3.05, 3.63) is 51.9 Å². The number of hydrogen-bond acceptors (Lipinski definition) is 4. The minimum atomic E-state index is -0.111. The second kappa shape index (κ2) is 8.68. The summed E-state index contributed by atoms with van der Waals surface area (Å²) in [5.74, 6) is 0.244. The molecule has 6 nitrogen and oxygen atoms in total. The Bertz CT molecular complexity index is 1130. The number of aryl methyl sites for hydroxylation is 2. The number of nitrogens with zero attached hydrogens (tertiary/aromatic N) is 3. The van der Waals surface area contributed by atoms with Gasteiger partial charge in [-0.05, 0) is 44.4 Å². The van der Waals surface area contributed by atoms with Crippen molar-refractivity contribution in [2.45, 2.75) is 57.1 Å². The molecule has 0 aliphatic heterocycles. The number of para-hydroxylation sites is 1. The number of aromatic nitrogens is 3. The lowest BCUT2D eigenvalue weighted by Crippen LogP contribution is -2.37. The molecule has 1 aliphatic carbocycles. The van der Waals surface area contributed by atoms with Crippen LogP contribution in [0.3, 0.4) is 0 Å². The summed E-state index contributed by atoms with van der Waals surface area (Å²) >= 11 is 1.32. The van der Waals surface area contributed by atoms with Crippen LogP contribution in [0.2, 0.25) is 0 Å². The third-order valence-corrected chi connectivity index (χ3v) is 7.02. The molecule has 0 radical (unpaired) electrons. The van der Waals surface area contributed by atoms with Gasteiger partial charge in [0.15, 0.2) is 5.16 Å². The number of rotatable bonds is 5. The first-order chi connectivity index (χ1) is 14.5. The highest BCUT2D eigenvalue weighted by molar-refractivity contribution is 7.99. The number of nitrogens with one attached hydrogen (secondary N) is 1. The number of fused-ring (bicyclic) bond motifs is 1. The molecule has 1 saturated carbocycles. The van der Waals surface area contributed by atoms with Crippen LogP contribution in [0.5, 0.6) is 0 Å². The number of benzene rings is 1. The second-order valence-corrected chi connectivity index (χ2v) is 8.97. The van der Waals surface area contributed by atoms with Crippen molar-refractivity contribution in [3.63, 3.8) is 0 Å². The second-order valence-electron chi connectivity index (χ2n) is 8.03. The molecule has 1 amide bonds. The molecule has 158 valence electrons. The van der Waals surface area contributed by atoms with Gasteiger partial charge in [0, 0.05) is 18.8 Å². The maximum atomic E-state index is 13.5. The van der Waals surface area contributed by atoms with Crippen LogP contribution in [0.15, 0.2) is 40.3 Å². The maximum Gasteiger partial charge on any atom is 0.283 e. The van der Waals surface area contributed by atoms with Gasteiger partial charge in [0.1, 0.15) is 11.0 Å². The zero-order valence-electron chi connectivity index (χ0n) is 17.8. The summed E-state index contributed by atoms with van der Waals surface area (Å²) in [5, 5.41) is 3.69. The summed E-state index contributed by atoms with van der Waals surface area (Å²) in [4.78, 5) is 30.9. The van der Waals surface area contributed by atoms with Crippen molar-refractivity contribution < 1.29 is 4.79 Å². The number of amides is 1. The molecule has 0 bridgehead atoms. The molecule has 0 saturated heterocycles. The molecule has 2 aromatic heterocycles. The van der Waals surface area contributed by atoms with Gasteiger partial charge in [-0.3, -0.25) is 14.2 Å². The van der Waals surface area contributed by atoms with Crippen LogP contribution in [0.4, 0.5) is 0 Å². The molecule has 3 aromatic rings. The topological polar surface area (TPSA) is 68.9 Å². The van der Waals surface area contributed by atoms with E-state index in [0.29, 0.717) is 16.2 Å². The molecule has 1 fully saturated rings. The van der Waals surface area contributed by atoms with E-state index in [1.54, 1.807) is 4.57 Å². The minimum absolute atomic E-state index is 0.00169. The Kier molecular flexibility index (Phi) is 5.99. The van der Waals surface area contributed by atoms with E-state index in [9.17, 15) is 9.59 Å². The van der Waals surface area contributed by atoms with E-state index in [0.717, 1.165) is 29.8 Å². The van der Waals surface area contributed by atoms with E-state index >= 15 is 0 Å². The van der Waals surface area contributed by atoms with E-state index in [1.165, 1.54) is 31.0 Å². The quantitative estimate of drug-likeness (QED) is 0.498. The van der Waals surface area contributed by atoms with Crippen LogP contribution in [0, 0.1) is 13.8 Å². The highest BCUT2D eigenvalue weighted by Gasteiger charge is 2.21. The first kappa shape index (κ1) is 20.7. The summed E-state index contributed by atoms with van der Waals surface area (Å²) < 4.78 is 3.53. The molecule has 30 heavy (non-hydrogen) atoms. The van der Waals surface area contributed by atoms with Crippen LogP contribution in [0.1, 0.15) is 43.4 Å². The van der Waals surface area contributed by atoms with Crippen LogP contribution < -0.4 is 10.9 Å². The first-order valence-corrected chi connectivity index (χ1v) is 11.5. The van der Waals surface area contributed by atoms with E-state index in [2.05, 4.69) is 5.32 Å². The van der Waals surface area contributed by atoms with Gasteiger partial charge >= 0.3 is 0 Å². The number of carbonyl (C=O) groups excluding carboxylic acids is 1. The van der Waals surface area contributed by atoms with Crippen LogP contribution in [0.25, 0.3) is 16.7 Å². The molecular formula is C23H28N4O2S. The molecule has 1 aromatic carbocycles. The van der Waals surface area contributed by atoms with Gasteiger partial charge < -0.3 is 9.88 Å². The van der Waals surface area contributed by atoms with Gasteiger partial charge in [0.2, 0.25) is 5.91 Å². The van der Waals surface area contributed by atoms with Gasteiger partial charge in [0.25, 0.3) is 5.56 Å². The Morgan fingerprint density at radius 1 is 1.17 bits per heavy atom. The molecule has 0 unspecified atom stereocenters. The molecular weight excluding hydrogens is 396 g/mol. The van der Waals surface area contributed by atoms with Crippen molar-refractivity contribution in [1.29, 1.82) is 0 Å². The van der Waals surface area contributed by atoms with Crippen LogP contribution in [-0.2, 0) is 11.8 Å². The van der Waals surface area contributed by atoms with Crippen LogP contribution in [-0.4, -0.2) is 31.8 Å². The van der Waals surface area contributed by atoms with Crippen molar-refractivity contribution in [1.82, 2.24) is 19.4 Å². The molecule has 2 heterocycles. The Morgan fingerprint density at radius 2 is 1.87 bits per heavy atom. The van der Waals surface area contributed by atoms with Gasteiger partial charge in [-0.25, -0.2) is 4.98 Å². The normalized spacial score (nSPS) is 14.9. The highest BCUT2D eigenvalue weighted by Crippen LogP contribution is 2.26. The molecule has 1 N–H and O–H groups in total. The van der Waals surface area contributed by atoms with E-state index in [4.69, 9.17) is 4.98 Å². The standard InChI is InChI=1S/C23H28N4O2S/c1-15-16(2)26(3)21-20(15)25-23(27(22(21)29)18-12-8-5-9-13-18)30-14-19(28)24-17-10-6-4-7-11-17/h5,8-9,12-13,17H,4,6-7,10-11,14H2,1-3H3,(H,24,28). The minimum Gasteiger partial charge on any atom is -0.353 e. The lowest BCUT2D eigenvalue weighted by Gasteiger charge is -2.22. The number of thioether (sulfide) groups is 1. The number of carbonyl (C=O) groups is 1. The fourth-order valence-electron chi connectivity index (χ4n) is 4.19. The van der Waals surface area contributed by atoms with E-state index in [1.807, 2.05) is 55.8 Å². The zero-order chi connectivity index (χ0) is 21.3. The smallest absolute Gasteiger partial charge is 0.283 e. The predicted molar refractivity (Wildman–Crippen MR) is 122 cm³/mol. The van der Waals surface area contributed by atoms with Gasteiger partial charge in [-0.2, -0.15) is 0 Å². The van der Waals surface area contributed by atoms with Crippen molar-refractivity contribution >= 4 is 28.7 Å². The fourth-order valence-corrected chi connectivity index (χ4v) is 5.01. The SMILES string of the molecule is Cc1c(C)n(C)c2c(=O)n(-c3ccccc3)c(SCC(=O)NC3CCCCC3)nc12. The molecule has 4 rings (SSSR count). The number of hydrogen-bond donors (Lipinski definition) is 1. The van der Waals surface area contributed by atoms with E-state index in [-0.39, 0.29) is 23.3 Å². The molecule has 1 aliphatic rings. The molecule has 7 heteroatoms. The Balaban J connectivity index is 1.70. The van der Waals surface area contributed by atoms with Crippen molar-refractivity contribution in [3.8, 4) is 5.69 Å². The average Bonchev–Trinajstić information content (AvgIpc) is 2.97. The summed E-state index contributed by atoms with van der Waals surface area (Å²) in [7, 11) is 1.90. The van der Waals surface area contributed by atoms with Crippen LogP contribution >= 0.6 is 11.8 Å². The molecule has 0 atom stereocenters. The lowest BCUT2D eigenvalue weighted by molar-refractivity contribution is -0.119. The Hall–Kier alpha value is -2.54. The largest absolute Gasteiger partial charge is 0.353 e. The van der Waals surface area contributed by atoms with Gasteiger partial charge in [-0.1, -0.05) is 49.2 Å². The molecule has 0 spiro atoms. The van der Waals surface area contributed by atoms with Crippen molar-refractivity contribution in [2.75, 3.05) is 5.75 Å². The lowest BCUT2D eigenvalue weighted by atomic mass is 9.95. The summed E-state index contributed by atoms with van der Waals surface area (Å²) in [6, 6.07) is 9.78. The first-order valence-electron chi connectivity index (χ1n) is 10.5. The zero-order valence-corrected chi connectivity index (χ0v) is 18.6. The maximum absolute atomic E-state index is 13.5. The van der Waals surface area contributed by atoms with Gasteiger partial charge in [0.05, 0.1) is 11.4 Å². The highest BCUT2D eigenvalue weighted by atomic mass is 32.2. The summed E-state index contributed by atoms with van der Waals surface area (Å²) in [6.07, 6.45) is 5.72. The van der Waals surface area contributed by atoms with E-state index < -0.39 is 0 Å². The van der Waals surface area contributed by atoms with Crippen molar-refractivity contribution in [2.24, 2.45) is 7.05 Å². The summed E-state index contributed by atoms with van der Waals surface area (Å²) in [5.41, 5.74) is 3.96. The van der Waals surface area contributed by atoms with Gasteiger partial charge in [-0.15, -0.1) is 0 Å². The fraction of sp³-hybridized carbons (Fsp3) is 0.435. The predicted octanol–water partition coefficient (Wildman–Crippen LogP) is 3.88. The third-order valence-electron chi connectivity index (χ3n) is 6.08.